The maximum absolute atomic E-state index is 12.4. The second kappa shape index (κ2) is 10.6. The first-order chi connectivity index (χ1) is 13.7. The minimum Gasteiger partial charge on any atom is -0.487 e. The quantitative estimate of drug-likeness (QED) is 0.528. The molecule has 0 aliphatic heterocycles. The largest absolute Gasteiger partial charge is 0.487 e. The summed E-state index contributed by atoms with van der Waals surface area (Å²) >= 11 is 1.54. The average Bonchev–Trinajstić information content (AvgIpc) is 3.24. The smallest absolute Gasteiger partial charge is 0.251 e. The van der Waals surface area contributed by atoms with Crippen LogP contribution in [-0.4, -0.2) is 35.9 Å². The van der Waals surface area contributed by atoms with Crippen molar-refractivity contribution in [2.24, 2.45) is 0 Å². The summed E-state index contributed by atoms with van der Waals surface area (Å²) in [5, 5.41) is 4.93. The van der Waals surface area contributed by atoms with Gasteiger partial charge in [0.2, 0.25) is 0 Å². The Bertz CT molecular complexity index is 853. The molecule has 3 aromatic rings. The predicted octanol–water partition coefficient (Wildman–Crippen LogP) is 3.97. The number of hydrogen-bond acceptors (Lipinski definition) is 5. The van der Waals surface area contributed by atoms with Gasteiger partial charge in [0.05, 0.1) is 11.2 Å². The first-order valence-corrected chi connectivity index (χ1v) is 10.3. The summed E-state index contributed by atoms with van der Waals surface area (Å²) in [6.07, 6.45) is 0.898. The number of carbonyl (C=O) groups excluding carboxylic acids is 1. The van der Waals surface area contributed by atoms with Gasteiger partial charge >= 0.3 is 0 Å². The molecule has 1 heterocycles. The van der Waals surface area contributed by atoms with Crippen LogP contribution in [0.5, 0.6) is 5.75 Å². The van der Waals surface area contributed by atoms with Gasteiger partial charge in [-0.2, -0.15) is 0 Å². The number of rotatable bonds is 10. The SMILES string of the molecule is CN(CCCNC(=O)c1cccc(OCc2cscn2)c1)Cc1ccccc1. The zero-order valence-corrected chi connectivity index (χ0v) is 16.8. The van der Waals surface area contributed by atoms with Crippen molar-refractivity contribution < 1.29 is 9.53 Å². The number of aromatic nitrogens is 1. The lowest BCUT2D eigenvalue weighted by Gasteiger charge is -2.16. The molecule has 0 aliphatic rings. The Morgan fingerprint density at radius 2 is 2.04 bits per heavy atom. The van der Waals surface area contributed by atoms with Gasteiger partial charge < -0.3 is 15.0 Å². The molecule has 146 valence electrons. The van der Waals surface area contributed by atoms with Gasteiger partial charge in [0.25, 0.3) is 5.91 Å². The molecule has 0 saturated heterocycles. The van der Waals surface area contributed by atoms with E-state index in [1.807, 2.05) is 23.6 Å². The molecule has 0 radical (unpaired) electrons. The molecule has 0 aliphatic carbocycles. The van der Waals surface area contributed by atoms with Crippen LogP contribution in [0.3, 0.4) is 0 Å². The summed E-state index contributed by atoms with van der Waals surface area (Å²) in [5.41, 5.74) is 4.57. The van der Waals surface area contributed by atoms with Gasteiger partial charge in [-0.15, -0.1) is 11.3 Å². The molecule has 0 saturated carbocycles. The predicted molar refractivity (Wildman–Crippen MR) is 113 cm³/mol. The summed E-state index contributed by atoms with van der Waals surface area (Å²) in [6, 6.07) is 17.6. The van der Waals surface area contributed by atoms with E-state index in [9.17, 15) is 4.79 Å². The van der Waals surface area contributed by atoms with Crippen molar-refractivity contribution in [2.45, 2.75) is 19.6 Å². The molecule has 3 rings (SSSR count). The van der Waals surface area contributed by atoms with Crippen LogP contribution in [0.1, 0.15) is 28.0 Å². The van der Waals surface area contributed by atoms with E-state index in [2.05, 4.69) is 46.5 Å². The lowest BCUT2D eigenvalue weighted by Crippen LogP contribution is -2.28. The first kappa shape index (κ1) is 20.0. The van der Waals surface area contributed by atoms with E-state index in [4.69, 9.17) is 4.74 Å². The maximum Gasteiger partial charge on any atom is 0.251 e. The summed E-state index contributed by atoms with van der Waals surface area (Å²) in [4.78, 5) is 18.8. The standard InChI is InChI=1S/C22H25N3O2S/c1-25(14-18-7-3-2-4-8-18)12-6-11-23-22(26)19-9-5-10-21(13-19)27-15-20-16-28-17-24-20/h2-5,7-10,13,16-17H,6,11-12,14-15H2,1H3,(H,23,26). The van der Waals surface area contributed by atoms with E-state index in [-0.39, 0.29) is 5.91 Å². The number of thiazole rings is 1. The molecule has 6 heteroatoms. The summed E-state index contributed by atoms with van der Waals surface area (Å²) in [6.45, 7) is 2.88. The van der Waals surface area contributed by atoms with Crippen molar-refractivity contribution >= 4 is 17.2 Å². The third-order valence-corrected chi connectivity index (χ3v) is 4.90. The number of amides is 1. The average molecular weight is 396 g/mol. The zero-order valence-electron chi connectivity index (χ0n) is 16.0. The van der Waals surface area contributed by atoms with Gasteiger partial charge in [-0.05, 0) is 43.8 Å². The van der Waals surface area contributed by atoms with E-state index in [1.54, 1.807) is 17.6 Å². The summed E-state index contributed by atoms with van der Waals surface area (Å²) in [7, 11) is 2.10. The number of nitrogens with zero attached hydrogens (tertiary/aromatic N) is 2. The fourth-order valence-corrected chi connectivity index (χ4v) is 3.36. The molecular weight excluding hydrogens is 370 g/mol. The van der Waals surface area contributed by atoms with Gasteiger partial charge in [-0.25, -0.2) is 4.98 Å². The molecule has 0 unspecified atom stereocenters. The fourth-order valence-electron chi connectivity index (χ4n) is 2.82. The fraction of sp³-hybridized carbons (Fsp3) is 0.273. The number of hydrogen-bond donors (Lipinski definition) is 1. The molecule has 5 nitrogen and oxygen atoms in total. The Balaban J connectivity index is 1.39. The highest BCUT2D eigenvalue weighted by molar-refractivity contribution is 7.07. The third-order valence-electron chi connectivity index (χ3n) is 4.26. The monoisotopic (exact) mass is 395 g/mol. The van der Waals surface area contributed by atoms with Crippen LogP contribution >= 0.6 is 11.3 Å². The molecule has 0 spiro atoms. The van der Waals surface area contributed by atoms with Crippen LogP contribution in [0.25, 0.3) is 0 Å². The van der Waals surface area contributed by atoms with Gasteiger partial charge in [0, 0.05) is 24.0 Å². The normalized spacial score (nSPS) is 10.8. The highest BCUT2D eigenvalue weighted by Gasteiger charge is 2.07. The molecule has 1 amide bonds. The zero-order chi connectivity index (χ0) is 19.6. The minimum atomic E-state index is -0.0789. The Labute approximate surface area is 170 Å². The number of nitrogens with one attached hydrogen (secondary N) is 1. The Morgan fingerprint density at radius 1 is 1.18 bits per heavy atom. The van der Waals surface area contributed by atoms with E-state index in [0.717, 1.165) is 25.2 Å². The van der Waals surface area contributed by atoms with Crippen LogP contribution < -0.4 is 10.1 Å². The van der Waals surface area contributed by atoms with E-state index in [1.165, 1.54) is 16.9 Å². The van der Waals surface area contributed by atoms with Crippen LogP contribution in [0.15, 0.2) is 65.5 Å². The van der Waals surface area contributed by atoms with Crippen LogP contribution in [-0.2, 0) is 13.2 Å². The topological polar surface area (TPSA) is 54.5 Å². The minimum absolute atomic E-state index is 0.0789. The van der Waals surface area contributed by atoms with Crippen molar-refractivity contribution in [1.29, 1.82) is 0 Å². The van der Waals surface area contributed by atoms with Crippen molar-refractivity contribution in [2.75, 3.05) is 20.1 Å². The number of carbonyl (C=O) groups is 1. The highest BCUT2D eigenvalue weighted by atomic mass is 32.1. The van der Waals surface area contributed by atoms with Crippen molar-refractivity contribution in [3.8, 4) is 5.75 Å². The lowest BCUT2D eigenvalue weighted by molar-refractivity contribution is 0.0951. The Kier molecular flexibility index (Phi) is 7.58. The van der Waals surface area contributed by atoms with Crippen molar-refractivity contribution in [1.82, 2.24) is 15.2 Å². The van der Waals surface area contributed by atoms with Gasteiger partial charge in [0.15, 0.2) is 0 Å². The molecule has 1 N–H and O–H groups in total. The molecule has 28 heavy (non-hydrogen) atoms. The molecule has 0 fully saturated rings. The highest BCUT2D eigenvalue weighted by Crippen LogP contribution is 2.15. The van der Waals surface area contributed by atoms with Crippen molar-refractivity contribution in [3.63, 3.8) is 0 Å². The summed E-state index contributed by atoms with van der Waals surface area (Å²) < 4.78 is 5.71. The second-order valence-corrected chi connectivity index (χ2v) is 7.35. The number of ether oxygens (including phenoxy) is 1. The second-order valence-electron chi connectivity index (χ2n) is 6.63. The van der Waals surface area contributed by atoms with Gasteiger partial charge in [-0.1, -0.05) is 36.4 Å². The Morgan fingerprint density at radius 3 is 2.82 bits per heavy atom. The summed E-state index contributed by atoms with van der Waals surface area (Å²) in [5.74, 6) is 0.591. The van der Waals surface area contributed by atoms with Crippen LogP contribution in [0.2, 0.25) is 0 Å². The van der Waals surface area contributed by atoms with E-state index < -0.39 is 0 Å². The van der Waals surface area contributed by atoms with Gasteiger partial charge in [-0.3, -0.25) is 4.79 Å². The first-order valence-electron chi connectivity index (χ1n) is 9.31. The van der Waals surface area contributed by atoms with Crippen LogP contribution in [0.4, 0.5) is 0 Å². The van der Waals surface area contributed by atoms with E-state index >= 15 is 0 Å². The van der Waals surface area contributed by atoms with Crippen LogP contribution in [0, 0.1) is 0 Å². The van der Waals surface area contributed by atoms with E-state index in [0.29, 0.717) is 24.5 Å². The molecule has 0 bridgehead atoms. The number of benzene rings is 2. The molecule has 1 aromatic heterocycles. The third kappa shape index (κ3) is 6.48. The molecular formula is C22H25N3O2S. The Hall–Kier alpha value is -2.70. The van der Waals surface area contributed by atoms with Crippen molar-refractivity contribution in [3.05, 3.63) is 82.3 Å². The van der Waals surface area contributed by atoms with Gasteiger partial charge in [0.1, 0.15) is 12.4 Å². The molecule has 2 aromatic carbocycles. The molecule has 0 atom stereocenters. The maximum atomic E-state index is 12.4. The lowest BCUT2D eigenvalue weighted by atomic mass is 10.2.